The van der Waals surface area contributed by atoms with E-state index in [1.807, 2.05) is 31.2 Å². The monoisotopic (exact) mass is 436 g/mol. The number of nitrogen functional groups attached to an aromatic ring is 1. The maximum atomic E-state index is 6.43. The summed E-state index contributed by atoms with van der Waals surface area (Å²) in [6, 6.07) is 11.0. The molecule has 3 rings (SSSR count). The molecule has 146 valence electrons. The van der Waals surface area contributed by atoms with Gasteiger partial charge in [-0.25, -0.2) is 4.98 Å². The fraction of sp³-hybridized carbons (Fsp3) is 0.158. The molecular formula is C19H18Cl2N4O2S. The third kappa shape index (κ3) is 5.28. The Morgan fingerprint density at radius 3 is 2.75 bits per heavy atom. The molecule has 0 unspecified atom stereocenters. The van der Waals surface area contributed by atoms with E-state index in [0.717, 1.165) is 11.1 Å². The molecule has 1 aromatic heterocycles. The Bertz CT molecular complexity index is 978. The summed E-state index contributed by atoms with van der Waals surface area (Å²) in [5, 5.41) is 7.53. The molecule has 0 fully saturated rings. The molecule has 0 amide bonds. The summed E-state index contributed by atoms with van der Waals surface area (Å²) in [5.74, 6) is 1.44. The first-order chi connectivity index (χ1) is 13.6. The minimum absolute atomic E-state index is 0.278. The van der Waals surface area contributed by atoms with E-state index >= 15 is 0 Å². The maximum absolute atomic E-state index is 6.43. The van der Waals surface area contributed by atoms with Crippen LogP contribution >= 0.6 is 34.5 Å². The number of anilines is 2. The Morgan fingerprint density at radius 2 is 2.04 bits per heavy atom. The van der Waals surface area contributed by atoms with Crippen molar-refractivity contribution in [1.82, 2.24) is 4.98 Å². The van der Waals surface area contributed by atoms with E-state index in [-0.39, 0.29) is 6.61 Å². The van der Waals surface area contributed by atoms with Crippen LogP contribution < -0.4 is 20.6 Å². The third-order valence-corrected chi connectivity index (χ3v) is 4.97. The van der Waals surface area contributed by atoms with Gasteiger partial charge in [0.1, 0.15) is 12.4 Å². The Hall–Kier alpha value is -2.48. The van der Waals surface area contributed by atoms with Gasteiger partial charge in [0.05, 0.1) is 17.8 Å². The molecule has 0 saturated heterocycles. The number of nitrogens with two attached hydrogens (primary N) is 1. The van der Waals surface area contributed by atoms with Crippen molar-refractivity contribution in [2.75, 3.05) is 17.8 Å². The average molecular weight is 437 g/mol. The lowest BCUT2D eigenvalue weighted by Gasteiger charge is -2.15. The van der Waals surface area contributed by atoms with Crippen LogP contribution in [-0.4, -0.2) is 17.8 Å². The molecule has 0 aliphatic heterocycles. The first kappa shape index (κ1) is 20.3. The standard InChI is InChI=1S/C19H18Cl2N4O2S/c1-2-26-16-8-12(9-23-25-19-24-17(22)11-28-19)7-15(21)18(16)27-10-13-5-3-4-6-14(13)20/h3-9,11H,2,10,22H2,1H3,(H,24,25). The van der Waals surface area contributed by atoms with Crippen LogP contribution in [0.4, 0.5) is 10.9 Å². The van der Waals surface area contributed by atoms with Gasteiger partial charge < -0.3 is 15.2 Å². The summed E-state index contributed by atoms with van der Waals surface area (Å²) >= 11 is 14.0. The minimum atomic E-state index is 0.278. The molecule has 3 aromatic rings. The van der Waals surface area contributed by atoms with E-state index in [1.165, 1.54) is 11.3 Å². The Kier molecular flexibility index (Phi) is 6.97. The molecule has 9 heteroatoms. The number of ether oxygens (including phenoxy) is 2. The number of hydrogen-bond donors (Lipinski definition) is 2. The number of aromatic nitrogens is 1. The van der Waals surface area contributed by atoms with E-state index in [0.29, 0.717) is 39.1 Å². The van der Waals surface area contributed by atoms with E-state index < -0.39 is 0 Å². The number of rotatable bonds is 8. The van der Waals surface area contributed by atoms with Crippen molar-refractivity contribution in [2.24, 2.45) is 5.10 Å². The first-order valence-electron chi connectivity index (χ1n) is 8.39. The second-order valence-electron chi connectivity index (χ2n) is 5.59. The second kappa shape index (κ2) is 9.64. The van der Waals surface area contributed by atoms with Crippen molar-refractivity contribution in [3.63, 3.8) is 0 Å². The second-order valence-corrected chi connectivity index (χ2v) is 7.26. The Balaban J connectivity index is 1.76. The summed E-state index contributed by atoms with van der Waals surface area (Å²) in [7, 11) is 0. The highest BCUT2D eigenvalue weighted by molar-refractivity contribution is 7.14. The van der Waals surface area contributed by atoms with Gasteiger partial charge in [-0.05, 0) is 30.7 Å². The molecule has 0 aliphatic rings. The van der Waals surface area contributed by atoms with Crippen molar-refractivity contribution in [3.05, 3.63) is 63.0 Å². The minimum Gasteiger partial charge on any atom is -0.490 e. The normalized spacial score (nSPS) is 11.0. The predicted molar refractivity (Wildman–Crippen MR) is 116 cm³/mol. The van der Waals surface area contributed by atoms with E-state index in [1.54, 1.807) is 23.7 Å². The van der Waals surface area contributed by atoms with E-state index in [4.69, 9.17) is 38.4 Å². The average Bonchev–Trinajstić information content (AvgIpc) is 3.08. The smallest absolute Gasteiger partial charge is 0.205 e. The molecule has 1 heterocycles. The highest BCUT2D eigenvalue weighted by Gasteiger charge is 2.13. The Morgan fingerprint density at radius 1 is 1.21 bits per heavy atom. The molecule has 0 atom stereocenters. The van der Waals surface area contributed by atoms with Gasteiger partial charge in [-0.2, -0.15) is 5.10 Å². The lowest BCUT2D eigenvalue weighted by molar-refractivity contribution is 0.269. The van der Waals surface area contributed by atoms with Crippen molar-refractivity contribution in [3.8, 4) is 11.5 Å². The van der Waals surface area contributed by atoms with Crippen LogP contribution in [0, 0.1) is 0 Å². The fourth-order valence-electron chi connectivity index (χ4n) is 2.33. The van der Waals surface area contributed by atoms with Gasteiger partial charge in [-0.1, -0.05) is 41.4 Å². The molecular weight excluding hydrogens is 419 g/mol. The van der Waals surface area contributed by atoms with Gasteiger partial charge in [0.15, 0.2) is 11.5 Å². The van der Waals surface area contributed by atoms with Gasteiger partial charge in [0.2, 0.25) is 5.13 Å². The van der Waals surface area contributed by atoms with Gasteiger partial charge in [-0.3, -0.25) is 5.43 Å². The van der Waals surface area contributed by atoms with Gasteiger partial charge in [0.25, 0.3) is 0 Å². The van der Waals surface area contributed by atoms with Crippen molar-refractivity contribution < 1.29 is 9.47 Å². The van der Waals surface area contributed by atoms with Crippen molar-refractivity contribution >= 4 is 51.7 Å². The largest absolute Gasteiger partial charge is 0.490 e. The molecule has 0 bridgehead atoms. The van der Waals surface area contributed by atoms with Crippen molar-refractivity contribution in [1.29, 1.82) is 0 Å². The number of hydrogen-bond acceptors (Lipinski definition) is 7. The Labute approximate surface area is 176 Å². The first-order valence-corrected chi connectivity index (χ1v) is 10.0. The number of nitrogens with zero attached hydrogens (tertiary/aromatic N) is 2. The molecule has 6 nitrogen and oxygen atoms in total. The zero-order valence-corrected chi connectivity index (χ0v) is 17.3. The quantitative estimate of drug-likeness (QED) is 0.362. The molecule has 2 aromatic carbocycles. The number of nitrogens with one attached hydrogen (secondary N) is 1. The van der Waals surface area contributed by atoms with Crippen LogP contribution in [0.5, 0.6) is 11.5 Å². The van der Waals surface area contributed by atoms with Gasteiger partial charge >= 0.3 is 0 Å². The van der Waals surface area contributed by atoms with E-state index in [2.05, 4.69) is 15.5 Å². The predicted octanol–water partition coefficient (Wildman–Crippen LogP) is 5.46. The molecule has 0 aliphatic carbocycles. The zero-order chi connectivity index (χ0) is 19.9. The summed E-state index contributed by atoms with van der Waals surface area (Å²) < 4.78 is 11.6. The summed E-state index contributed by atoms with van der Waals surface area (Å²) in [4.78, 5) is 4.07. The highest BCUT2D eigenvalue weighted by Crippen LogP contribution is 2.37. The molecule has 0 saturated carbocycles. The maximum Gasteiger partial charge on any atom is 0.205 e. The highest BCUT2D eigenvalue weighted by atomic mass is 35.5. The number of hydrazone groups is 1. The van der Waals surface area contributed by atoms with Crippen LogP contribution in [0.2, 0.25) is 10.0 Å². The molecule has 0 spiro atoms. The lowest BCUT2D eigenvalue weighted by Crippen LogP contribution is -2.02. The topological polar surface area (TPSA) is 81.8 Å². The summed E-state index contributed by atoms with van der Waals surface area (Å²) in [6.45, 7) is 2.64. The number of thiazole rings is 1. The molecule has 0 radical (unpaired) electrons. The third-order valence-electron chi connectivity index (χ3n) is 3.56. The lowest BCUT2D eigenvalue weighted by atomic mass is 10.2. The fourth-order valence-corrected chi connectivity index (χ4v) is 3.34. The summed E-state index contributed by atoms with van der Waals surface area (Å²) in [5.41, 5.74) is 10.0. The van der Waals surface area contributed by atoms with Crippen LogP contribution in [0.1, 0.15) is 18.1 Å². The van der Waals surface area contributed by atoms with Crippen LogP contribution in [0.25, 0.3) is 0 Å². The van der Waals surface area contributed by atoms with Crippen LogP contribution in [-0.2, 0) is 6.61 Å². The van der Waals surface area contributed by atoms with E-state index in [9.17, 15) is 0 Å². The van der Waals surface area contributed by atoms with Crippen LogP contribution in [0.15, 0.2) is 46.9 Å². The van der Waals surface area contributed by atoms with Crippen LogP contribution in [0.3, 0.4) is 0 Å². The zero-order valence-electron chi connectivity index (χ0n) is 15.0. The number of benzene rings is 2. The van der Waals surface area contributed by atoms with Gasteiger partial charge in [0, 0.05) is 16.0 Å². The SMILES string of the molecule is CCOc1cc(C=NNc2nc(N)cs2)cc(Cl)c1OCc1ccccc1Cl. The van der Waals surface area contributed by atoms with Gasteiger partial charge in [-0.15, -0.1) is 11.3 Å². The van der Waals surface area contributed by atoms with Crippen molar-refractivity contribution in [2.45, 2.75) is 13.5 Å². The number of halogens is 2. The molecule has 28 heavy (non-hydrogen) atoms. The summed E-state index contributed by atoms with van der Waals surface area (Å²) in [6.07, 6.45) is 1.61. The molecule has 3 N–H and O–H groups in total.